The molecule has 3 rings (SSSR count). The van der Waals surface area contributed by atoms with Gasteiger partial charge in [-0.15, -0.1) is 0 Å². The Morgan fingerprint density at radius 2 is 2.00 bits per heavy atom. The van der Waals surface area contributed by atoms with Crippen LogP contribution < -0.4 is 15.2 Å². The van der Waals surface area contributed by atoms with Gasteiger partial charge in [0.2, 0.25) is 0 Å². The molecule has 6 heteroatoms. The highest BCUT2D eigenvalue weighted by molar-refractivity contribution is 5.76. The number of para-hydroxylation sites is 2. The molecule has 0 fully saturated rings. The second kappa shape index (κ2) is 6.39. The third-order valence-corrected chi connectivity index (χ3v) is 3.47. The number of benzene rings is 2. The molecule has 0 spiro atoms. The number of methoxy groups -OCH3 is 1. The fourth-order valence-corrected chi connectivity index (χ4v) is 2.35. The van der Waals surface area contributed by atoms with E-state index in [0.717, 1.165) is 11.8 Å². The van der Waals surface area contributed by atoms with Crippen LogP contribution in [0.25, 0.3) is 11.1 Å². The minimum absolute atomic E-state index is 0.264. The van der Waals surface area contributed by atoms with Crippen LogP contribution in [0.1, 0.15) is 10.4 Å². The summed E-state index contributed by atoms with van der Waals surface area (Å²) in [6.45, 7) is 0.606. The second-order valence-electron chi connectivity index (χ2n) is 4.86. The van der Waals surface area contributed by atoms with Crippen molar-refractivity contribution in [2.75, 3.05) is 13.7 Å². The summed E-state index contributed by atoms with van der Waals surface area (Å²) in [5, 5.41) is 0. The Morgan fingerprint density at radius 3 is 2.78 bits per heavy atom. The molecule has 0 N–H and O–H groups in total. The van der Waals surface area contributed by atoms with Crippen LogP contribution in [0.5, 0.6) is 11.5 Å². The molecule has 0 bridgehead atoms. The number of hydrogen-bond acceptors (Lipinski definition) is 5. The Labute approximate surface area is 131 Å². The number of oxazole rings is 1. The van der Waals surface area contributed by atoms with E-state index in [1.165, 1.54) is 11.7 Å². The van der Waals surface area contributed by atoms with Crippen molar-refractivity contribution in [2.24, 2.45) is 0 Å². The van der Waals surface area contributed by atoms with Gasteiger partial charge in [0, 0.05) is 5.56 Å². The predicted molar refractivity (Wildman–Crippen MR) is 84.4 cm³/mol. The normalized spacial score (nSPS) is 10.7. The topological polar surface area (TPSA) is 70.7 Å². The number of carbonyl (C=O) groups is 1. The van der Waals surface area contributed by atoms with Gasteiger partial charge in [0.25, 0.3) is 0 Å². The average molecular weight is 313 g/mol. The summed E-state index contributed by atoms with van der Waals surface area (Å²) in [5.41, 5.74) is 1.78. The van der Waals surface area contributed by atoms with E-state index in [4.69, 9.17) is 13.9 Å². The van der Waals surface area contributed by atoms with Crippen molar-refractivity contribution in [2.45, 2.75) is 6.54 Å². The Morgan fingerprint density at radius 1 is 1.17 bits per heavy atom. The predicted octanol–water partition coefficient (Wildman–Crippen LogP) is 2.49. The van der Waals surface area contributed by atoms with Crippen molar-refractivity contribution in [1.82, 2.24) is 4.57 Å². The van der Waals surface area contributed by atoms with Gasteiger partial charge in [0.1, 0.15) is 12.9 Å². The molecule has 1 aromatic heterocycles. The number of ether oxygens (including phenoxy) is 2. The van der Waals surface area contributed by atoms with Gasteiger partial charge in [-0.3, -0.25) is 9.36 Å². The summed E-state index contributed by atoms with van der Waals surface area (Å²) < 4.78 is 17.5. The highest BCUT2D eigenvalue weighted by atomic mass is 16.5. The molecule has 0 amide bonds. The molecule has 0 unspecified atom stereocenters. The van der Waals surface area contributed by atoms with Gasteiger partial charge >= 0.3 is 5.76 Å². The number of hydrogen-bond donors (Lipinski definition) is 0. The SMILES string of the molecule is COc1cc(C=O)ccc1OCCn1c(=O)oc2ccccc21. The van der Waals surface area contributed by atoms with Crippen molar-refractivity contribution in [3.63, 3.8) is 0 Å². The Balaban J connectivity index is 1.75. The summed E-state index contributed by atoms with van der Waals surface area (Å²) in [6, 6.07) is 12.1. The molecule has 0 saturated carbocycles. The first-order valence-electron chi connectivity index (χ1n) is 7.07. The molecule has 0 aliphatic rings. The van der Waals surface area contributed by atoms with Crippen LogP contribution in [-0.2, 0) is 6.54 Å². The van der Waals surface area contributed by atoms with Crippen LogP contribution in [0, 0.1) is 0 Å². The van der Waals surface area contributed by atoms with Gasteiger partial charge in [0.05, 0.1) is 19.2 Å². The lowest BCUT2D eigenvalue weighted by Crippen LogP contribution is -2.18. The van der Waals surface area contributed by atoms with Crippen molar-refractivity contribution in [3.05, 3.63) is 58.6 Å². The largest absolute Gasteiger partial charge is 0.493 e. The minimum Gasteiger partial charge on any atom is -0.493 e. The molecule has 0 atom stereocenters. The van der Waals surface area contributed by atoms with Crippen LogP contribution in [0.2, 0.25) is 0 Å². The van der Waals surface area contributed by atoms with E-state index in [1.807, 2.05) is 18.2 Å². The van der Waals surface area contributed by atoms with E-state index in [9.17, 15) is 9.59 Å². The summed E-state index contributed by atoms with van der Waals surface area (Å²) >= 11 is 0. The number of aromatic nitrogens is 1. The molecule has 3 aromatic rings. The van der Waals surface area contributed by atoms with E-state index < -0.39 is 5.76 Å². The Kier molecular flexibility index (Phi) is 4.14. The van der Waals surface area contributed by atoms with Gasteiger partial charge in [0.15, 0.2) is 17.1 Å². The van der Waals surface area contributed by atoms with E-state index in [0.29, 0.717) is 29.2 Å². The lowest BCUT2D eigenvalue weighted by Gasteiger charge is -2.11. The average Bonchev–Trinajstić information content (AvgIpc) is 2.90. The Bertz CT molecular complexity index is 893. The van der Waals surface area contributed by atoms with Crippen LogP contribution in [0.15, 0.2) is 51.7 Å². The fraction of sp³-hybridized carbons (Fsp3) is 0.176. The van der Waals surface area contributed by atoms with Crippen molar-refractivity contribution >= 4 is 17.4 Å². The smallest absolute Gasteiger partial charge is 0.420 e. The molecule has 2 aromatic carbocycles. The summed E-state index contributed by atoms with van der Waals surface area (Å²) in [6.07, 6.45) is 0.740. The van der Waals surface area contributed by atoms with Crippen LogP contribution in [-0.4, -0.2) is 24.6 Å². The summed E-state index contributed by atoms with van der Waals surface area (Å²) in [7, 11) is 1.50. The molecule has 6 nitrogen and oxygen atoms in total. The van der Waals surface area contributed by atoms with Gasteiger partial charge in [-0.05, 0) is 30.3 Å². The maximum Gasteiger partial charge on any atom is 0.420 e. The summed E-state index contributed by atoms with van der Waals surface area (Å²) in [4.78, 5) is 22.6. The molecular formula is C17H15NO5. The number of rotatable bonds is 6. The van der Waals surface area contributed by atoms with Gasteiger partial charge < -0.3 is 13.9 Å². The maximum atomic E-state index is 11.9. The molecule has 118 valence electrons. The summed E-state index contributed by atoms with van der Waals surface area (Å²) in [5.74, 6) is 0.566. The van der Waals surface area contributed by atoms with Crippen LogP contribution in [0.4, 0.5) is 0 Å². The van der Waals surface area contributed by atoms with Crippen molar-refractivity contribution in [3.8, 4) is 11.5 Å². The highest BCUT2D eigenvalue weighted by Crippen LogP contribution is 2.27. The minimum atomic E-state index is -0.418. The molecule has 0 radical (unpaired) electrons. The molecule has 23 heavy (non-hydrogen) atoms. The van der Waals surface area contributed by atoms with Crippen molar-refractivity contribution in [1.29, 1.82) is 0 Å². The monoisotopic (exact) mass is 313 g/mol. The Hall–Kier alpha value is -3.02. The number of carbonyl (C=O) groups excluding carboxylic acids is 1. The first-order chi connectivity index (χ1) is 11.2. The van der Waals surface area contributed by atoms with Gasteiger partial charge in [-0.25, -0.2) is 4.79 Å². The zero-order valence-electron chi connectivity index (χ0n) is 12.5. The van der Waals surface area contributed by atoms with Gasteiger partial charge in [-0.1, -0.05) is 12.1 Å². The van der Waals surface area contributed by atoms with Crippen molar-refractivity contribution < 1.29 is 18.7 Å². The first-order valence-corrected chi connectivity index (χ1v) is 7.07. The second-order valence-corrected chi connectivity index (χ2v) is 4.86. The highest BCUT2D eigenvalue weighted by Gasteiger charge is 2.10. The third-order valence-electron chi connectivity index (χ3n) is 3.47. The molecule has 1 heterocycles. The van der Waals surface area contributed by atoms with Gasteiger partial charge in [-0.2, -0.15) is 0 Å². The lowest BCUT2D eigenvalue weighted by atomic mass is 10.2. The quantitative estimate of drug-likeness (QED) is 0.654. The first kappa shape index (κ1) is 14.9. The molecular weight excluding hydrogens is 298 g/mol. The van der Waals surface area contributed by atoms with E-state index >= 15 is 0 Å². The van der Waals surface area contributed by atoms with Crippen LogP contribution in [0.3, 0.4) is 0 Å². The zero-order valence-corrected chi connectivity index (χ0v) is 12.5. The molecule has 0 saturated heterocycles. The number of nitrogens with zero attached hydrogens (tertiary/aromatic N) is 1. The fourth-order valence-electron chi connectivity index (χ4n) is 2.35. The van der Waals surface area contributed by atoms with E-state index in [2.05, 4.69) is 0 Å². The number of fused-ring (bicyclic) bond motifs is 1. The molecule has 0 aliphatic heterocycles. The maximum absolute atomic E-state index is 11.9. The lowest BCUT2D eigenvalue weighted by molar-refractivity contribution is 0.112. The molecule has 0 aliphatic carbocycles. The van der Waals surface area contributed by atoms with Crippen LogP contribution >= 0.6 is 0 Å². The zero-order chi connectivity index (χ0) is 16.2. The van der Waals surface area contributed by atoms with E-state index in [-0.39, 0.29) is 6.61 Å². The van der Waals surface area contributed by atoms with E-state index in [1.54, 1.807) is 24.3 Å². The number of aldehydes is 1. The third kappa shape index (κ3) is 2.96. The standard InChI is InChI=1S/C17H15NO5/c1-21-16-10-12(11-19)6-7-15(16)22-9-8-18-13-4-2-3-5-14(13)23-17(18)20/h2-7,10-11H,8-9H2,1H3.